The van der Waals surface area contributed by atoms with Crippen LogP contribution in [0.25, 0.3) is 11.2 Å². The van der Waals surface area contributed by atoms with Gasteiger partial charge in [0.25, 0.3) is 0 Å². The number of aromatic amines is 1. The van der Waals surface area contributed by atoms with Crippen LogP contribution in [0.5, 0.6) is 0 Å². The second kappa shape index (κ2) is 4.21. The number of nitrogens with zero attached hydrogens (tertiary/aromatic N) is 5. The van der Waals surface area contributed by atoms with Gasteiger partial charge in [-0.1, -0.05) is 11.3 Å². The summed E-state index contributed by atoms with van der Waals surface area (Å²) in [4.78, 5) is 15.2. The SMILES string of the molecule is Cc1nnc(Sc2nc(Cl)nc3nc[nH]c23)s1. The number of hydrogen-bond acceptors (Lipinski definition) is 7. The molecule has 3 heterocycles. The van der Waals surface area contributed by atoms with Gasteiger partial charge >= 0.3 is 0 Å². The third kappa shape index (κ3) is 2.11. The average molecular weight is 285 g/mol. The number of fused-ring (bicyclic) bond motifs is 1. The largest absolute Gasteiger partial charge is 0.341 e. The first-order valence-electron chi connectivity index (χ1n) is 4.57. The lowest BCUT2D eigenvalue weighted by Gasteiger charge is -1.98. The van der Waals surface area contributed by atoms with Crippen LogP contribution < -0.4 is 0 Å². The third-order valence-electron chi connectivity index (χ3n) is 1.92. The molecule has 0 aliphatic heterocycles. The normalized spacial score (nSPS) is 11.2. The first-order valence-corrected chi connectivity index (χ1v) is 6.58. The van der Waals surface area contributed by atoms with Crippen molar-refractivity contribution in [2.45, 2.75) is 16.3 Å². The number of H-pyrrole nitrogens is 1. The lowest BCUT2D eigenvalue weighted by molar-refractivity contribution is 0.980. The van der Waals surface area contributed by atoms with Crippen molar-refractivity contribution in [1.82, 2.24) is 30.1 Å². The fraction of sp³-hybridized carbons (Fsp3) is 0.125. The van der Waals surface area contributed by atoms with Crippen LogP contribution in [0.1, 0.15) is 5.01 Å². The Morgan fingerprint density at radius 3 is 3.00 bits per heavy atom. The van der Waals surface area contributed by atoms with Crippen LogP contribution in [-0.4, -0.2) is 30.1 Å². The lowest BCUT2D eigenvalue weighted by atomic mass is 10.6. The minimum absolute atomic E-state index is 0.174. The Balaban J connectivity index is 2.07. The molecule has 0 aliphatic carbocycles. The van der Waals surface area contributed by atoms with Crippen molar-refractivity contribution < 1.29 is 0 Å². The fourth-order valence-electron chi connectivity index (χ4n) is 1.26. The van der Waals surface area contributed by atoms with Crippen molar-refractivity contribution in [3.63, 3.8) is 0 Å². The summed E-state index contributed by atoms with van der Waals surface area (Å²) in [7, 11) is 0. The van der Waals surface area contributed by atoms with Gasteiger partial charge in [0.1, 0.15) is 15.6 Å². The van der Waals surface area contributed by atoms with E-state index in [1.807, 2.05) is 6.92 Å². The Hall–Kier alpha value is -1.25. The molecule has 3 aromatic heterocycles. The van der Waals surface area contributed by atoms with Gasteiger partial charge in [0.2, 0.25) is 5.28 Å². The molecule has 0 spiro atoms. The Kier molecular flexibility index (Phi) is 2.69. The molecule has 86 valence electrons. The summed E-state index contributed by atoms with van der Waals surface area (Å²) >= 11 is 8.73. The maximum atomic E-state index is 5.83. The van der Waals surface area contributed by atoms with E-state index in [1.165, 1.54) is 23.1 Å². The molecule has 0 aromatic carbocycles. The van der Waals surface area contributed by atoms with Crippen LogP contribution in [0.3, 0.4) is 0 Å². The van der Waals surface area contributed by atoms with E-state index in [0.29, 0.717) is 10.7 Å². The second-order valence-corrected chi connectivity index (χ2v) is 5.84. The summed E-state index contributed by atoms with van der Waals surface area (Å²) in [6.07, 6.45) is 1.56. The molecule has 0 unspecified atom stereocenters. The van der Waals surface area contributed by atoms with Crippen molar-refractivity contribution in [2.75, 3.05) is 0 Å². The molecule has 6 nitrogen and oxygen atoms in total. The number of nitrogens with one attached hydrogen (secondary N) is 1. The molecular weight excluding hydrogens is 280 g/mol. The van der Waals surface area contributed by atoms with Gasteiger partial charge in [-0.3, -0.25) is 0 Å². The van der Waals surface area contributed by atoms with Gasteiger partial charge in [0.05, 0.1) is 6.33 Å². The fourth-order valence-corrected chi connectivity index (χ4v) is 3.28. The van der Waals surface area contributed by atoms with Gasteiger partial charge in [-0.15, -0.1) is 10.2 Å². The molecule has 0 aliphatic rings. The highest BCUT2D eigenvalue weighted by atomic mass is 35.5. The minimum atomic E-state index is 0.174. The Labute approximate surface area is 109 Å². The van der Waals surface area contributed by atoms with Crippen LogP contribution in [0.2, 0.25) is 5.28 Å². The monoisotopic (exact) mass is 284 g/mol. The van der Waals surface area contributed by atoms with Gasteiger partial charge in [0.15, 0.2) is 9.99 Å². The zero-order chi connectivity index (χ0) is 11.8. The lowest BCUT2D eigenvalue weighted by Crippen LogP contribution is -1.88. The zero-order valence-electron chi connectivity index (χ0n) is 8.51. The molecule has 3 rings (SSSR count). The number of rotatable bonds is 2. The van der Waals surface area contributed by atoms with E-state index in [-0.39, 0.29) is 5.28 Å². The summed E-state index contributed by atoms with van der Waals surface area (Å²) in [6.45, 7) is 1.90. The highest BCUT2D eigenvalue weighted by Crippen LogP contribution is 2.32. The molecule has 17 heavy (non-hydrogen) atoms. The van der Waals surface area contributed by atoms with E-state index >= 15 is 0 Å². The van der Waals surface area contributed by atoms with E-state index in [9.17, 15) is 0 Å². The van der Waals surface area contributed by atoms with Crippen LogP contribution >= 0.6 is 34.7 Å². The molecule has 0 saturated heterocycles. The van der Waals surface area contributed by atoms with Gasteiger partial charge < -0.3 is 4.98 Å². The molecule has 0 radical (unpaired) electrons. The van der Waals surface area contributed by atoms with E-state index in [1.54, 1.807) is 6.33 Å². The maximum Gasteiger partial charge on any atom is 0.225 e. The molecule has 0 atom stereocenters. The molecule has 0 amide bonds. The van der Waals surface area contributed by atoms with E-state index in [4.69, 9.17) is 11.6 Å². The van der Waals surface area contributed by atoms with E-state index in [2.05, 4.69) is 30.1 Å². The van der Waals surface area contributed by atoms with Crippen molar-refractivity contribution in [3.8, 4) is 0 Å². The van der Waals surface area contributed by atoms with E-state index < -0.39 is 0 Å². The molecule has 1 N–H and O–H groups in total. The minimum Gasteiger partial charge on any atom is -0.341 e. The number of aromatic nitrogens is 6. The van der Waals surface area contributed by atoms with Gasteiger partial charge in [-0.2, -0.15) is 4.98 Å². The van der Waals surface area contributed by atoms with Crippen molar-refractivity contribution in [1.29, 1.82) is 0 Å². The third-order valence-corrected chi connectivity index (χ3v) is 3.96. The second-order valence-electron chi connectivity index (χ2n) is 3.09. The van der Waals surface area contributed by atoms with Crippen molar-refractivity contribution >= 4 is 45.9 Å². The zero-order valence-corrected chi connectivity index (χ0v) is 10.9. The molecule has 9 heteroatoms. The molecule has 0 fully saturated rings. The first-order chi connectivity index (χ1) is 8.22. The number of imidazole rings is 1. The van der Waals surface area contributed by atoms with Gasteiger partial charge in [0, 0.05) is 0 Å². The number of halogens is 1. The van der Waals surface area contributed by atoms with Crippen molar-refractivity contribution in [3.05, 3.63) is 16.6 Å². The standard InChI is InChI=1S/C8H5ClN6S2/c1-3-14-15-8(16-3)17-6-4-5(11-2-10-4)12-7(9)13-6/h2H,1H3,(H,10,11,12,13). The molecular formula is C8H5ClN6S2. The first kappa shape index (κ1) is 10.9. The summed E-state index contributed by atoms with van der Waals surface area (Å²) in [5.74, 6) is 0. The smallest absolute Gasteiger partial charge is 0.225 e. The van der Waals surface area contributed by atoms with Crippen LogP contribution in [-0.2, 0) is 0 Å². The van der Waals surface area contributed by atoms with Crippen LogP contribution in [0, 0.1) is 6.92 Å². The predicted molar refractivity (Wildman–Crippen MR) is 65.5 cm³/mol. The number of hydrogen-bond donors (Lipinski definition) is 1. The highest BCUT2D eigenvalue weighted by molar-refractivity contribution is 8.01. The highest BCUT2D eigenvalue weighted by Gasteiger charge is 2.12. The van der Waals surface area contributed by atoms with Crippen LogP contribution in [0.15, 0.2) is 15.7 Å². The van der Waals surface area contributed by atoms with Gasteiger partial charge in [-0.05, 0) is 30.3 Å². The average Bonchev–Trinajstić information content (AvgIpc) is 2.87. The van der Waals surface area contributed by atoms with Gasteiger partial charge in [-0.25, -0.2) is 9.97 Å². The van der Waals surface area contributed by atoms with E-state index in [0.717, 1.165) is 14.9 Å². The number of aryl methyl sites for hydroxylation is 1. The Bertz CT molecular complexity index is 678. The summed E-state index contributed by atoms with van der Waals surface area (Å²) in [5.41, 5.74) is 1.31. The van der Waals surface area contributed by atoms with Crippen LogP contribution in [0.4, 0.5) is 0 Å². The molecule has 3 aromatic rings. The predicted octanol–water partition coefficient (Wildman–Crippen LogP) is 2.32. The van der Waals surface area contributed by atoms with Crippen molar-refractivity contribution in [2.24, 2.45) is 0 Å². The molecule has 0 saturated carbocycles. The Morgan fingerprint density at radius 1 is 1.35 bits per heavy atom. The topological polar surface area (TPSA) is 80.2 Å². The Morgan fingerprint density at radius 2 is 2.24 bits per heavy atom. The summed E-state index contributed by atoms with van der Waals surface area (Å²) in [5, 5.41) is 9.76. The maximum absolute atomic E-state index is 5.83. The summed E-state index contributed by atoms with van der Waals surface area (Å²) in [6, 6.07) is 0. The quantitative estimate of drug-likeness (QED) is 0.574. The summed E-state index contributed by atoms with van der Waals surface area (Å²) < 4.78 is 0.813. The molecule has 0 bridgehead atoms.